The van der Waals surface area contributed by atoms with Crippen LogP contribution in [0.1, 0.15) is 10.5 Å². The van der Waals surface area contributed by atoms with E-state index in [9.17, 15) is 4.79 Å². The first-order valence-corrected chi connectivity index (χ1v) is 2.68. The van der Waals surface area contributed by atoms with Crippen molar-refractivity contribution in [2.45, 2.75) is 0 Å². The number of hydrogen-bond acceptors (Lipinski definition) is 3. The molecule has 5 heteroatoms. The molecule has 1 radical (unpaired) electrons. The van der Waals surface area contributed by atoms with Gasteiger partial charge in [-0.15, -0.1) is 5.10 Å². The molecule has 0 aliphatic rings. The van der Waals surface area contributed by atoms with Crippen molar-refractivity contribution in [1.82, 2.24) is 15.0 Å². The lowest BCUT2D eigenvalue weighted by Gasteiger charge is -1.77. The average Bonchev–Trinajstić information content (AvgIpc) is 2.14. The maximum absolute atomic E-state index is 10.4. The maximum atomic E-state index is 10.4. The van der Waals surface area contributed by atoms with Crippen LogP contribution in [0.25, 0.3) is 0 Å². The molecule has 0 saturated carbocycles. The minimum atomic E-state index is -0.469. The molecular weight excluding hydrogens is 138 g/mol. The molecule has 0 N–H and O–H groups in total. The van der Waals surface area contributed by atoms with E-state index in [1.54, 1.807) is 7.05 Å². The summed E-state index contributed by atoms with van der Waals surface area (Å²) in [6.07, 6.45) is 1.48. The summed E-state index contributed by atoms with van der Waals surface area (Å²) >= 11 is 4.30. The van der Waals surface area contributed by atoms with Crippen LogP contribution < -0.4 is 0 Å². The molecule has 1 aromatic heterocycles. The van der Waals surface area contributed by atoms with Crippen LogP contribution in [0, 0.1) is 0 Å². The van der Waals surface area contributed by atoms with Gasteiger partial charge in [0.2, 0.25) is 0 Å². The number of hydrogen-bond donors (Lipinski definition) is 0. The first-order valence-electron chi connectivity index (χ1n) is 2.28. The molecule has 4 nitrogen and oxygen atoms in total. The van der Waals surface area contributed by atoms with Gasteiger partial charge in [-0.25, -0.2) is 0 Å². The third-order valence-corrected chi connectivity index (χ3v) is 1.02. The van der Waals surface area contributed by atoms with Crippen molar-refractivity contribution >= 4 is 17.7 Å². The van der Waals surface area contributed by atoms with Gasteiger partial charge in [-0.3, -0.25) is 9.48 Å². The van der Waals surface area contributed by atoms with Crippen LogP contribution in [-0.4, -0.2) is 20.1 Å². The summed E-state index contributed by atoms with van der Waals surface area (Å²) in [6.45, 7) is 0. The van der Waals surface area contributed by atoms with E-state index in [2.05, 4.69) is 22.9 Å². The smallest absolute Gasteiger partial charge is 0.271 e. The highest BCUT2D eigenvalue weighted by Gasteiger charge is 2.03. The van der Waals surface area contributed by atoms with Crippen molar-refractivity contribution in [2.75, 3.05) is 0 Å². The SMILES string of the molecule is Cn1cc(C(=O)[S])nn1. The Balaban J connectivity index is 2.98. The largest absolute Gasteiger partial charge is 0.274 e. The van der Waals surface area contributed by atoms with Gasteiger partial charge in [0.05, 0.1) is 6.20 Å². The average molecular weight is 142 g/mol. The fourth-order valence-electron chi connectivity index (χ4n) is 0.441. The summed E-state index contributed by atoms with van der Waals surface area (Å²) in [5.74, 6) is 0. The normalized spacial score (nSPS) is 9.44. The Morgan fingerprint density at radius 2 is 2.56 bits per heavy atom. The lowest BCUT2D eigenvalue weighted by molar-refractivity contribution is 0.108. The Morgan fingerprint density at radius 3 is 2.78 bits per heavy atom. The summed E-state index contributed by atoms with van der Waals surface area (Å²) in [6, 6.07) is 0. The van der Waals surface area contributed by atoms with Gasteiger partial charge in [0.1, 0.15) is 0 Å². The highest BCUT2D eigenvalue weighted by molar-refractivity contribution is 7.97. The van der Waals surface area contributed by atoms with E-state index < -0.39 is 5.12 Å². The van der Waals surface area contributed by atoms with Crippen molar-refractivity contribution in [3.63, 3.8) is 0 Å². The third kappa shape index (κ3) is 1.23. The molecule has 0 fully saturated rings. The highest BCUT2D eigenvalue weighted by Crippen LogP contribution is 1.94. The van der Waals surface area contributed by atoms with Crippen LogP contribution in [0.4, 0.5) is 0 Å². The maximum Gasteiger partial charge on any atom is 0.271 e. The first-order chi connectivity index (χ1) is 4.20. The van der Waals surface area contributed by atoms with E-state index in [1.165, 1.54) is 10.9 Å². The number of carbonyl (C=O) groups is 1. The van der Waals surface area contributed by atoms with E-state index in [-0.39, 0.29) is 5.69 Å². The molecule has 9 heavy (non-hydrogen) atoms. The van der Waals surface area contributed by atoms with E-state index in [0.29, 0.717) is 0 Å². The summed E-state index contributed by atoms with van der Waals surface area (Å²) < 4.78 is 1.43. The molecule has 1 heterocycles. The van der Waals surface area contributed by atoms with Gasteiger partial charge >= 0.3 is 0 Å². The van der Waals surface area contributed by atoms with Crippen molar-refractivity contribution in [3.8, 4) is 0 Å². The number of nitrogens with zero attached hydrogens (tertiary/aromatic N) is 3. The molecule has 1 aromatic rings. The van der Waals surface area contributed by atoms with Gasteiger partial charge < -0.3 is 0 Å². The Bertz CT molecular complexity index is 231. The minimum absolute atomic E-state index is 0.229. The van der Waals surface area contributed by atoms with Crippen LogP contribution in [0.15, 0.2) is 6.20 Å². The van der Waals surface area contributed by atoms with E-state index in [4.69, 9.17) is 0 Å². The zero-order valence-corrected chi connectivity index (χ0v) is 5.55. The van der Waals surface area contributed by atoms with Crippen molar-refractivity contribution in [1.29, 1.82) is 0 Å². The fourth-order valence-corrected chi connectivity index (χ4v) is 0.534. The summed E-state index contributed by atoms with van der Waals surface area (Å²) in [5.41, 5.74) is 0.229. The Labute approximate surface area is 57.3 Å². The van der Waals surface area contributed by atoms with Gasteiger partial charge in [0, 0.05) is 7.05 Å². The minimum Gasteiger partial charge on any atom is -0.274 e. The zero-order valence-electron chi connectivity index (χ0n) is 4.74. The molecule has 0 amide bonds. The quantitative estimate of drug-likeness (QED) is 0.561. The molecule has 0 bridgehead atoms. The molecule has 1 rings (SSSR count). The van der Waals surface area contributed by atoms with Crippen LogP contribution in [0.3, 0.4) is 0 Å². The Hall–Kier alpha value is -0.970. The van der Waals surface area contributed by atoms with Gasteiger partial charge in [-0.2, -0.15) is 0 Å². The highest BCUT2D eigenvalue weighted by atomic mass is 32.1. The van der Waals surface area contributed by atoms with E-state index >= 15 is 0 Å². The van der Waals surface area contributed by atoms with Crippen LogP contribution >= 0.6 is 12.6 Å². The van der Waals surface area contributed by atoms with Crippen molar-refractivity contribution in [2.24, 2.45) is 7.05 Å². The topological polar surface area (TPSA) is 47.8 Å². The van der Waals surface area contributed by atoms with E-state index in [1.807, 2.05) is 0 Å². The number of aromatic nitrogens is 3. The number of aryl methyl sites for hydroxylation is 1. The molecule has 0 unspecified atom stereocenters. The molecule has 0 aromatic carbocycles. The molecule has 0 aliphatic carbocycles. The predicted molar refractivity (Wildman–Crippen MR) is 32.9 cm³/mol. The summed E-state index contributed by atoms with van der Waals surface area (Å²) in [5, 5.41) is 6.52. The zero-order chi connectivity index (χ0) is 6.85. The van der Waals surface area contributed by atoms with Gasteiger partial charge in [-0.1, -0.05) is 5.21 Å². The number of rotatable bonds is 1. The lowest BCUT2D eigenvalue weighted by Crippen LogP contribution is -1.86. The summed E-state index contributed by atoms with van der Waals surface area (Å²) in [7, 11) is 1.68. The summed E-state index contributed by atoms with van der Waals surface area (Å²) in [4.78, 5) is 10.4. The second kappa shape index (κ2) is 2.10. The van der Waals surface area contributed by atoms with Gasteiger partial charge in [-0.05, 0) is 12.6 Å². The Morgan fingerprint density at radius 1 is 1.89 bits per heavy atom. The molecule has 0 saturated heterocycles. The molecule has 0 spiro atoms. The van der Waals surface area contributed by atoms with Crippen LogP contribution in [0.5, 0.6) is 0 Å². The predicted octanol–water partition coefficient (Wildman–Crippen LogP) is 0.153. The molecule has 47 valence electrons. The second-order valence-corrected chi connectivity index (χ2v) is 1.94. The van der Waals surface area contributed by atoms with Gasteiger partial charge in [0.15, 0.2) is 5.69 Å². The van der Waals surface area contributed by atoms with Crippen LogP contribution in [0.2, 0.25) is 0 Å². The van der Waals surface area contributed by atoms with Gasteiger partial charge in [0.25, 0.3) is 5.12 Å². The van der Waals surface area contributed by atoms with Crippen LogP contribution in [-0.2, 0) is 7.05 Å². The van der Waals surface area contributed by atoms with Crippen molar-refractivity contribution in [3.05, 3.63) is 11.9 Å². The monoisotopic (exact) mass is 142 g/mol. The van der Waals surface area contributed by atoms with E-state index in [0.717, 1.165) is 0 Å². The standard InChI is InChI=1S/C4H4N3OS/c1-7-2-3(4(8)9)5-6-7/h2H,1H3. The molecular formula is C4H4N3OS. The van der Waals surface area contributed by atoms with Crippen molar-refractivity contribution < 1.29 is 4.79 Å². The third-order valence-electron chi connectivity index (χ3n) is 0.812. The Kier molecular flexibility index (Phi) is 1.44. The molecule has 0 aliphatic heterocycles. The second-order valence-electron chi connectivity index (χ2n) is 1.56. The fraction of sp³-hybridized carbons (Fsp3) is 0.250. The number of carbonyl (C=O) groups excluding carboxylic acids is 1. The first kappa shape index (κ1) is 6.15. The molecule has 0 atom stereocenters. The lowest BCUT2D eigenvalue weighted by atomic mass is 10.5.